The number of hydrogen-bond acceptors (Lipinski definition) is 3. The number of benzene rings is 18. The summed E-state index contributed by atoms with van der Waals surface area (Å²) in [6, 6.07) is 132. The second kappa shape index (κ2) is 30.5. The van der Waals surface area contributed by atoms with Crippen molar-refractivity contribution >= 4 is 137 Å². The highest BCUT2D eigenvalue weighted by Gasteiger charge is 2.20. The van der Waals surface area contributed by atoms with Crippen LogP contribution in [0, 0.1) is 6.92 Å². The molecular weight excluding hydrogens is 1320 g/mol. The van der Waals surface area contributed by atoms with Gasteiger partial charge in [-0.15, -0.1) is 0 Å². The van der Waals surface area contributed by atoms with Gasteiger partial charge in [0.25, 0.3) is 0 Å². The van der Waals surface area contributed by atoms with Crippen molar-refractivity contribution in [2.75, 3.05) is 4.90 Å². The van der Waals surface area contributed by atoms with E-state index < -0.39 is 0 Å². The second-order valence-electron chi connectivity index (χ2n) is 27.3. The molecule has 18 aromatic carbocycles. The number of furan rings is 2. The monoisotopic (exact) mass is 1400 g/mol. The molecule has 2 heterocycles. The number of hydrogen-bond donors (Lipinski definition) is 0. The molecule has 0 aliphatic heterocycles. The van der Waals surface area contributed by atoms with Crippen LogP contribution in [-0.2, 0) is 0 Å². The summed E-state index contributed by atoms with van der Waals surface area (Å²) in [5.74, 6) is 0. The molecular formula is C103H80ClNO2. The van der Waals surface area contributed by atoms with Gasteiger partial charge in [0, 0.05) is 54.8 Å². The lowest BCUT2D eigenvalue weighted by Gasteiger charge is -2.27. The van der Waals surface area contributed by atoms with E-state index >= 15 is 0 Å². The Hall–Kier alpha value is -12.8. The standard InChI is InChI=1S/C58H37NO.C20H13Cl.C19H14O.C5H12.CH4/c1-3-20-46-41(14-1)36-55(51-24-7-5-22-49(46)51)39-16-11-18-44(34-39)59(43-32-30-38(31-33-43)48-27-13-28-54-53-26-9-10-29-57(53)60-58(48)54)45-19-12-17-40(35-45)56-37-42-15-2-4-21-47(42)50-23-6-8-25-52(50)56;21-16-8-5-7-14(12-16)20-13-15-6-1-2-9-17(15)18-10-3-4-11-19(18)20;1-13-9-11-14(12-10-13)15-6-4-7-17-16-5-2-3-8-18(16)20-19(15)17;1-3-5-4-2;/h1-37H;1-13H;2-12H,1H3;3-5H2,1-2H3;1H4. The number of nitrogens with zero attached hydrogens (tertiary/aromatic N) is 1. The van der Waals surface area contributed by atoms with Crippen LogP contribution in [0.1, 0.15) is 46.1 Å². The van der Waals surface area contributed by atoms with E-state index in [1.54, 1.807) is 0 Å². The molecule has 20 rings (SSSR count). The van der Waals surface area contributed by atoms with E-state index in [9.17, 15) is 0 Å². The van der Waals surface area contributed by atoms with Crippen molar-refractivity contribution in [2.45, 2.75) is 47.5 Å². The lowest BCUT2D eigenvalue weighted by Crippen LogP contribution is -2.10. The van der Waals surface area contributed by atoms with Crippen LogP contribution in [0.5, 0.6) is 0 Å². The van der Waals surface area contributed by atoms with Gasteiger partial charge in [0.15, 0.2) is 0 Å². The maximum atomic E-state index is 6.47. The maximum absolute atomic E-state index is 6.47. The van der Waals surface area contributed by atoms with Gasteiger partial charge >= 0.3 is 0 Å². The molecule has 0 bridgehead atoms. The highest BCUT2D eigenvalue weighted by molar-refractivity contribution is 6.31. The first-order valence-corrected chi connectivity index (χ1v) is 37.2. The molecule has 0 saturated heterocycles. The minimum Gasteiger partial charge on any atom is -0.455 e. The minimum absolute atomic E-state index is 0. The predicted octanol–water partition coefficient (Wildman–Crippen LogP) is 31.4. The second-order valence-corrected chi connectivity index (χ2v) is 27.8. The average molecular weight is 1400 g/mol. The van der Waals surface area contributed by atoms with E-state index in [1.165, 1.54) is 134 Å². The van der Waals surface area contributed by atoms with Gasteiger partial charge in [-0.1, -0.05) is 349 Å². The molecule has 20 aromatic rings. The maximum Gasteiger partial charge on any atom is 0.143 e. The van der Waals surface area contributed by atoms with Gasteiger partial charge in [0.05, 0.1) is 0 Å². The molecule has 4 heteroatoms. The van der Waals surface area contributed by atoms with E-state index in [0.29, 0.717) is 0 Å². The summed E-state index contributed by atoms with van der Waals surface area (Å²) in [4.78, 5) is 2.39. The zero-order chi connectivity index (χ0) is 71.5. The van der Waals surface area contributed by atoms with Crippen molar-refractivity contribution in [3.8, 4) is 55.6 Å². The molecule has 0 fully saturated rings. The van der Waals surface area contributed by atoms with E-state index in [4.69, 9.17) is 20.4 Å². The fourth-order valence-electron chi connectivity index (χ4n) is 15.4. The van der Waals surface area contributed by atoms with Crippen LogP contribution in [0.2, 0.25) is 5.02 Å². The van der Waals surface area contributed by atoms with Gasteiger partial charge in [-0.3, -0.25) is 0 Å². The van der Waals surface area contributed by atoms with Gasteiger partial charge in [-0.05, 0) is 195 Å². The summed E-state index contributed by atoms with van der Waals surface area (Å²) in [6.07, 6.45) is 4.08. The van der Waals surface area contributed by atoms with Crippen LogP contribution in [0.25, 0.3) is 164 Å². The molecule has 0 radical (unpaired) electrons. The van der Waals surface area contributed by atoms with E-state index in [0.717, 1.165) is 77.4 Å². The third kappa shape index (κ3) is 13.6. The molecule has 0 aliphatic rings. The van der Waals surface area contributed by atoms with Crippen molar-refractivity contribution in [3.63, 3.8) is 0 Å². The zero-order valence-electron chi connectivity index (χ0n) is 59.5. The van der Waals surface area contributed by atoms with Crippen molar-refractivity contribution in [1.29, 1.82) is 0 Å². The fraction of sp³-hybridized carbons (Fsp3) is 0.0680. The molecule has 2 aromatic heterocycles. The third-order valence-corrected chi connectivity index (χ3v) is 20.8. The Balaban J connectivity index is 0.000000150. The van der Waals surface area contributed by atoms with Crippen molar-refractivity contribution in [1.82, 2.24) is 0 Å². The summed E-state index contributed by atoms with van der Waals surface area (Å²) in [5, 5.41) is 20.5. The SMILES string of the molecule is C.CCCCC.Cc1ccc(-c2cccc3c2oc2ccccc23)cc1.Clc1cccc(-c2cc3ccccc3c3ccccc23)c1.c1cc(-c2cc3ccccc3c3ccccc23)cc(N(c2ccc(-c3cccc4c3oc3ccccc34)cc2)c2cccc(-c3cc4ccccc4c4ccccc34)c2)c1. The summed E-state index contributed by atoms with van der Waals surface area (Å²) in [5.41, 5.74) is 19.9. The summed E-state index contributed by atoms with van der Waals surface area (Å²) in [6.45, 7) is 6.53. The molecule has 0 aliphatic carbocycles. The Morgan fingerprint density at radius 3 is 0.972 bits per heavy atom. The molecule has 0 N–H and O–H groups in total. The van der Waals surface area contributed by atoms with Crippen LogP contribution in [-0.4, -0.2) is 0 Å². The lowest BCUT2D eigenvalue weighted by atomic mass is 9.92. The lowest BCUT2D eigenvalue weighted by molar-refractivity contribution is 0.669. The Morgan fingerprint density at radius 2 is 0.579 bits per heavy atom. The fourth-order valence-corrected chi connectivity index (χ4v) is 15.6. The van der Waals surface area contributed by atoms with Crippen LogP contribution < -0.4 is 4.90 Å². The van der Waals surface area contributed by atoms with Crippen molar-refractivity contribution in [3.05, 3.63) is 381 Å². The van der Waals surface area contributed by atoms with Gasteiger partial charge < -0.3 is 13.7 Å². The van der Waals surface area contributed by atoms with E-state index in [2.05, 4.69) is 353 Å². The molecule has 0 spiro atoms. The number of halogens is 1. The molecule has 107 heavy (non-hydrogen) atoms. The number of rotatable bonds is 10. The van der Waals surface area contributed by atoms with Crippen molar-refractivity contribution < 1.29 is 8.83 Å². The quantitative estimate of drug-likeness (QED) is 0.128. The first kappa shape index (κ1) is 68.6. The average Bonchev–Trinajstić information content (AvgIpc) is 1.70. The predicted molar refractivity (Wildman–Crippen MR) is 462 cm³/mol. The molecule has 0 unspecified atom stereocenters. The highest BCUT2D eigenvalue weighted by Crippen LogP contribution is 2.45. The van der Waals surface area contributed by atoms with Gasteiger partial charge in [-0.2, -0.15) is 0 Å². The molecule has 3 nitrogen and oxygen atoms in total. The largest absolute Gasteiger partial charge is 0.455 e. The van der Waals surface area contributed by atoms with Crippen molar-refractivity contribution in [2.24, 2.45) is 0 Å². The van der Waals surface area contributed by atoms with Crippen LogP contribution in [0.4, 0.5) is 17.1 Å². The smallest absolute Gasteiger partial charge is 0.143 e. The number of aryl methyl sites for hydroxylation is 1. The Bertz CT molecular complexity index is 6450. The summed E-state index contributed by atoms with van der Waals surface area (Å²) >= 11 is 6.16. The number of anilines is 3. The Morgan fingerprint density at radius 1 is 0.252 bits per heavy atom. The summed E-state index contributed by atoms with van der Waals surface area (Å²) in [7, 11) is 0. The molecule has 516 valence electrons. The van der Waals surface area contributed by atoms with E-state index in [-0.39, 0.29) is 7.43 Å². The third-order valence-electron chi connectivity index (χ3n) is 20.6. The topological polar surface area (TPSA) is 29.5 Å². The Kier molecular flexibility index (Phi) is 19.6. The minimum atomic E-state index is 0. The number of fused-ring (bicyclic) bond motifs is 15. The van der Waals surface area contributed by atoms with Gasteiger partial charge in [0.2, 0.25) is 0 Å². The Labute approximate surface area is 630 Å². The van der Waals surface area contributed by atoms with Crippen LogP contribution >= 0.6 is 11.6 Å². The van der Waals surface area contributed by atoms with Gasteiger partial charge in [0.1, 0.15) is 22.3 Å². The first-order valence-electron chi connectivity index (χ1n) is 36.8. The molecule has 0 amide bonds. The van der Waals surface area contributed by atoms with E-state index in [1.807, 2.05) is 42.5 Å². The molecule has 0 saturated carbocycles. The van der Waals surface area contributed by atoms with Crippen LogP contribution in [0.15, 0.2) is 379 Å². The molecule has 0 atom stereocenters. The number of para-hydroxylation sites is 4. The zero-order valence-corrected chi connectivity index (χ0v) is 60.2. The first-order chi connectivity index (χ1) is 52.3. The normalized spacial score (nSPS) is 11.2. The number of unbranched alkanes of at least 4 members (excludes halogenated alkanes) is 2. The van der Waals surface area contributed by atoms with Crippen LogP contribution in [0.3, 0.4) is 0 Å². The van der Waals surface area contributed by atoms with Gasteiger partial charge in [-0.25, -0.2) is 0 Å². The highest BCUT2D eigenvalue weighted by atomic mass is 35.5. The summed E-state index contributed by atoms with van der Waals surface area (Å²) < 4.78 is 12.5.